The topological polar surface area (TPSA) is 97.2 Å². The van der Waals surface area contributed by atoms with E-state index in [2.05, 4.69) is 37.7 Å². The van der Waals surface area contributed by atoms with Gasteiger partial charge >= 0.3 is 12.1 Å². The maximum atomic E-state index is 11.2. The smallest absolute Gasteiger partial charge is 0.408 e. The molecule has 7 nitrogen and oxygen atoms in total. The largest absolute Gasteiger partial charge is 0.480 e. The Morgan fingerprint density at radius 1 is 1.78 bits per heavy atom. The molecule has 1 amide bonds. The van der Waals surface area contributed by atoms with Crippen molar-refractivity contribution < 1.29 is 24.3 Å². The van der Waals surface area contributed by atoms with Gasteiger partial charge in [0.1, 0.15) is 23.4 Å². The maximum Gasteiger partial charge on any atom is 0.408 e. The van der Waals surface area contributed by atoms with Gasteiger partial charge in [0, 0.05) is 12.8 Å². The van der Waals surface area contributed by atoms with Crippen molar-refractivity contribution in [3.8, 4) is 0 Å². The Kier molecular flexibility index (Phi) is 5.63. The number of hydrogen-bond donors (Lipinski definition) is 2. The highest BCUT2D eigenvalue weighted by Gasteiger charge is 2.29. The molecule has 0 aromatic rings. The van der Waals surface area contributed by atoms with E-state index in [1.807, 2.05) is 0 Å². The molecule has 0 radical (unpaired) electrons. The second-order valence-corrected chi connectivity index (χ2v) is 4.47. The van der Waals surface area contributed by atoms with Crippen LogP contribution in [0.3, 0.4) is 0 Å². The SMILES string of the molecule is C=CCOC(=O)N[C@H](CC1CC(Br)=NO1)C(=O)O. The first-order valence-electron chi connectivity index (χ1n) is 5.18. The number of carboxylic acids is 1. The van der Waals surface area contributed by atoms with Crippen LogP contribution in [0.2, 0.25) is 0 Å². The number of halogens is 1. The lowest BCUT2D eigenvalue weighted by atomic mass is 10.1. The van der Waals surface area contributed by atoms with Crippen LogP contribution in [0.25, 0.3) is 0 Å². The first kappa shape index (κ1) is 14.5. The van der Waals surface area contributed by atoms with Gasteiger partial charge in [-0.2, -0.15) is 0 Å². The highest BCUT2D eigenvalue weighted by Crippen LogP contribution is 2.18. The predicted molar refractivity (Wildman–Crippen MR) is 66.6 cm³/mol. The number of oxime groups is 1. The number of nitrogens with zero attached hydrogens (tertiary/aromatic N) is 1. The van der Waals surface area contributed by atoms with E-state index in [-0.39, 0.29) is 19.1 Å². The summed E-state index contributed by atoms with van der Waals surface area (Å²) in [7, 11) is 0. The molecule has 1 heterocycles. The maximum absolute atomic E-state index is 11.2. The fourth-order valence-electron chi connectivity index (χ4n) is 1.32. The van der Waals surface area contributed by atoms with Crippen LogP contribution in [-0.4, -0.2) is 40.5 Å². The quantitative estimate of drug-likeness (QED) is 0.717. The van der Waals surface area contributed by atoms with Gasteiger partial charge in [0.25, 0.3) is 0 Å². The Morgan fingerprint density at radius 2 is 2.50 bits per heavy atom. The third-order valence-electron chi connectivity index (χ3n) is 2.12. The molecule has 0 bridgehead atoms. The van der Waals surface area contributed by atoms with Crippen molar-refractivity contribution in [2.45, 2.75) is 25.0 Å². The summed E-state index contributed by atoms with van der Waals surface area (Å²) in [6.45, 7) is 3.40. The number of amides is 1. The van der Waals surface area contributed by atoms with Gasteiger partial charge in [-0.15, -0.1) is 0 Å². The number of carbonyl (C=O) groups excluding carboxylic acids is 1. The van der Waals surface area contributed by atoms with E-state index in [4.69, 9.17) is 9.94 Å². The lowest BCUT2D eigenvalue weighted by Gasteiger charge is -2.16. The van der Waals surface area contributed by atoms with E-state index in [9.17, 15) is 9.59 Å². The van der Waals surface area contributed by atoms with Gasteiger partial charge < -0.3 is 20.0 Å². The standard InChI is InChI=1S/C10H13BrN2O5/c1-2-3-17-10(16)12-7(9(14)15)4-6-5-8(11)13-18-6/h2,6-7H,1,3-5H2,(H,12,16)(H,14,15)/t6?,7-/m1/s1. The van der Waals surface area contributed by atoms with Crippen LogP contribution in [0.4, 0.5) is 4.79 Å². The second-order valence-electron chi connectivity index (χ2n) is 3.56. The zero-order chi connectivity index (χ0) is 13.5. The highest BCUT2D eigenvalue weighted by atomic mass is 79.9. The van der Waals surface area contributed by atoms with Gasteiger partial charge in [-0.3, -0.25) is 0 Å². The predicted octanol–water partition coefficient (Wildman–Crippen LogP) is 1.24. The number of carbonyl (C=O) groups is 2. The van der Waals surface area contributed by atoms with Gasteiger partial charge in [0.2, 0.25) is 0 Å². The Hall–Kier alpha value is -1.57. The molecular formula is C10H13BrN2O5. The third-order valence-corrected chi connectivity index (χ3v) is 2.59. The van der Waals surface area contributed by atoms with Crippen molar-refractivity contribution in [1.29, 1.82) is 0 Å². The minimum Gasteiger partial charge on any atom is -0.480 e. The molecule has 1 unspecified atom stereocenters. The van der Waals surface area contributed by atoms with Crippen LogP contribution in [0.1, 0.15) is 12.8 Å². The number of carboxylic acid groups (broad SMARTS) is 1. The normalized spacial score (nSPS) is 19.4. The molecule has 2 atom stereocenters. The Morgan fingerprint density at radius 3 is 3.00 bits per heavy atom. The minimum atomic E-state index is -1.16. The number of rotatable bonds is 6. The van der Waals surface area contributed by atoms with E-state index >= 15 is 0 Å². The molecule has 0 fully saturated rings. The molecule has 2 N–H and O–H groups in total. The van der Waals surface area contributed by atoms with Crippen molar-refractivity contribution in [3.63, 3.8) is 0 Å². The molecule has 0 aromatic carbocycles. The fourth-order valence-corrected chi connectivity index (χ4v) is 1.77. The number of alkyl carbamates (subject to hydrolysis) is 1. The molecule has 0 saturated heterocycles. The summed E-state index contributed by atoms with van der Waals surface area (Å²) in [6.07, 6.45) is 0.797. The van der Waals surface area contributed by atoms with Crippen LogP contribution in [0.5, 0.6) is 0 Å². The van der Waals surface area contributed by atoms with E-state index in [1.165, 1.54) is 6.08 Å². The number of ether oxygens (including phenoxy) is 1. The van der Waals surface area contributed by atoms with Crippen molar-refractivity contribution in [2.75, 3.05) is 6.61 Å². The lowest BCUT2D eigenvalue weighted by molar-refractivity contribution is -0.140. The average Bonchev–Trinajstić information content (AvgIpc) is 2.71. The Labute approximate surface area is 112 Å². The molecule has 1 aliphatic rings. The molecule has 1 aliphatic heterocycles. The summed E-state index contributed by atoms with van der Waals surface area (Å²) >= 11 is 3.15. The number of hydrogen-bond acceptors (Lipinski definition) is 5. The van der Waals surface area contributed by atoms with Crippen LogP contribution in [0.15, 0.2) is 17.8 Å². The number of nitrogens with one attached hydrogen (secondary N) is 1. The lowest BCUT2D eigenvalue weighted by Crippen LogP contribution is -2.43. The molecule has 0 spiro atoms. The Balaban J connectivity index is 2.43. The second kappa shape index (κ2) is 7.00. The van der Waals surface area contributed by atoms with Gasteiger partial charge in [0.15, 0.2) is 0 Å². The van der Waals surface area contributed by atoms with Crippen LogP contribution < -0.4 is 5.32 Å². The molecule has 0 saturated carbocycles. The molecule has 18 heavy (non-hydrogen) atoms. The molecular weight excluding hydrogens is 308 g/mol. The fraction of sp³-hybridized carbons (Fsp3) is 0.500. The summed E-state index contributed by atoms with van der Waals surface area (Å²) in [5, 5.41) is 14.9. The van der Waals surface area contributed by atoms with Gasteiger partial charge in [-0.1, -0.05) is 17.8 Å². The summed E-state index contributed by atoms with van der Waals surface area (Å²) in [4.78, 5) is 27.2. The summed E-state index contributed by atoms with van der Waals surface area (Å²) in [6, 6.07) is -1.08. The van der Waals surface area contributed by atoms with E-state index in [0.717, 1.165) is 0 Å². The number of aliphatic carboxylic acids is 1. The Bertz CT molecular complexity index is 371. The first-order chi connectivity index (χ1) is 8.52. The van der Waals surface area contributed by atoms with E-state index < -0.39 is 18.1 Å². The van der Waals surface area contributed by atoms with Crippen molar-refractivity contribution in [3.05, 3.63) is 12.7 Å². The van der Waals surface area contributed by atoms with Crippen molar-refractivity contribution >= 4 is 32.6 Å². The zero-order valence-corrected chi connectivity index (χ0v) is 11.1. The molecule has 100 valence electrons. The average molecular weight is 321 g/mol. The zero-order valence-electron chi connectivity index (χ0n) is 9.47. The first-order valence-corrected chi connectivity index (χ1v) is 5.97. The summed E-state index contributed by atoms with van der Waals surface area (Å²) in [5.41, 5.74) is 0. The van der Waals surface area contributed by atoms with Gasteiger partial charge in [-0.25, -0.2) is 9.59 Å². The van der Waals surface area contributed by atoms with E-state index in [0.29, 0.717) is 11.0 Å². The monoisotopic (exact) mass is 320 g/mol. The van der Waals surface area contributed by atoms with Crippen LogP contribution >= 0.6 is 15.9 Å². The van der Waals surface area contributed by atoms with Crippen molar-refractivity contribution in [1.82, 2.24) is 5.32 Å². The third kappa shape index (κ3) is 4.74. The minimum absolute atomic E-state index is 0.0206. The van der Waals surface area contributed by atoms with E-state index in [1.54, 1.807) is 0 Å². The van der Waals surface area contributed by atoms with Crippen LogP contribution in [0, 0.1) is 0 Å². The highest BCUT2D eigenvalue weighted by molar-refractivity contribution is 9.18. The van der Waals surface area contributed by atoms with Crippen molar-refractivity contribution in [2.24, 2.45) is 5.16 Å². The van der Waals surface area contributed by atoms with Gasteiger partial charge in [0.05, 0.1) is 0 Å². The van der Waals surface area contributed by atoms with Crippen LogP contribution in [-0.2, 0) is 14.4 Å². The summed E-state index contributed by atoms with van der Waals surface area (Å²) in [5.74, 6) is -1.16. The molecule has 0 aromatic heterocycles. The van der Waals surface area contributed by atoms with Gasteiger partial charge in [-0.05, 0) is 15.9 Å². The molecule has 0 aliphatic carbocycles. The summed E-state index contributed by atoms with van der Waals surface area (Å²) < 4.78 is 5.26. The molecule has 1 rings (SSSR count). The molecule has 8 heteroatoms.